The Balaban J connectivity index is 1.68. The number of anilines is 2. The summed E-state index contributed by atoms with van der Waals surface area (Å²) in [5.41, 5.74) is 5.07. The van der Waals surface area contributed by atoms with Gasteiger partial charge in [0, 0.05) is 17.9 Å². The fourth-order valence-corrected chi connectivity index (χ4v) is 3.10. The van der Waals surface area contributed by atoms with Crippen LogP contribution >= 0.6 is 0 Å². The summed E-state index contributed by atoms with van der Waals surface area (Å²) in [7, 11) is 1.66. The molecule has 0 saturated carbocycles. The van der Waals surface area contributed by atoms with Gasteiger partial charge in [0.2, 0.25) is 5.95 Å². The van der Waals surface area contributed by atoms with E-state index in [9.17, 15) is 4.79 Å². The third-order valence-corrected chi connectivity index (χ3v) is 4.64. The molecule has 3 rings (SSSR count). The minimum absolute atomic E-state index is 0.247. The fraction of sp³-hybridized carbons (Fsp3) is 0.261. The van der Waals surface area contributed by atoms with Crippen LogP contribution in [0.1, 0.15) is 32.9 Å². The van der Waals surface area contributed by atoms with Crippen molar-refractivity contribution in [2.45, 2.75) is 27.2 Å². The third kappa shape index (κ3) is 5.31. The monoisotopic (exact) mass is 390 g/mol. The average molecular weight is 390 g/mol. The first-order valence-electron chi connectivity index (χ1n) is 9.56. The summed E-state index contributed by atoms with van der Waals surface area (Å²) in [6.45, 7) is 6.44. The summed E-state index contributed by atoms with van der Waals surface area (Å²) in [5, 5.41) is 6.18. The molecule has 6 nitrogen and oxygen atoms in total. The first-order chi connectivity index (χ1) is 14.0. The lowest BCUT2D eigenvalue weighted by Gasteiger charge is -2.12. The largest absolute Gasteiger partial charge is 0.497 e. The Labute approximate surface area is 171 Å². The summed E-state index contributed by atoms with van der Waals surface area (Å²) >= 11 is 0. The van der Waals surface area contributed by atoms with E-state index in [2.05, 4.69) is 20.6 Å². The number of ether oxygens (including phenoxy) is 1. The van der Waals surface area contributed by atoms with E-state index in [4.69, 9.17) is 4.74 Å². The number of nitrogens with zero attached hydrogens (tertiary/aromatic N) is 2. The zero-order valence-electron chi connectivity index (χ0n) is 17.2. The highest BCUT2D eigenvalue weighted by molar-refractivity contribution is 6.03. The van der Waals surface area contributed by atoms with Crippen LogP contribution in [0.4, 0.5) is 11.6 Å². The number of carbonyl (C=O) groups excluding carboxylic acids is 1. The third-order valence-electron chi connectivity index (χ3n) is 4.64. The number of rotatable bonds is 7. The van der Waals surface area contributed by atoms with Gasteiger partial charge in [-0.1, -0.05) is 30.3 Å². The van der Waals surface area contributed by atoms with Crippen molar-refractivity contribution in [1.82, 2.24) is 9.97 Å². The Morgan fingerprint density at radius 1 is 1.00 bits per heavy atom. The van der Waals surface area contributed by atoms with Crippen LogP contribution in [0.3, 0.4) is 0 Å². The van der Waals surface area contributed by atoms with E-state index in [1.165, 1.54) is 0 Å². The van der Waals surface area contributed by atoms with Crippen molar-refractivity contribution in [2.75, 3.05) is 24.3 Å². The van der Waals surface area contributed by atoms with Crippen molar-refractivity contribution in [2.24, 2.45) is 0 Å². The van der Waals surface area contributed by atoms with Crippen molar-refractivity contribution in [3.05, 3.63) is 76.6 Å². The molecule has 0 aliphatic heterocycles. The molecular weight excluding hydrogens is 364 g/mol. The van der Waals surface area contributed by atoms with Crippen LogP contribution < -0.4 is 15.4 Å². The van der Waals surface area contributed by atoms with Gasteiger partial charge in [-0.15, -0.1) is 0 Å². The van der Waals surface area contributed by atoms with Crippen LogP contribution in [0, 0.1) is 20.8 Å². The molecule has 2 aromatic carbocycles. The van der Waals surface area contributed by atoms with E-state index in [-0.39, 0.29) is 5.91 Å². The number of benzene rings is 2. The molecule has 6 heteroatoms. The highest BCUT2D eigenvalue weighted by Gasteiger charge is 2.13. The average Bonchev–Trinajstić information content (AvgIpc) is 2.70. The van der Waals surface area contributed by atoms with Gasteiger partial charge in [0.25, 0.3) is 5.91 Å². The second-order valence-corrected chi connectivity index (χ2v) is 6.97. The molecule has 0 unspecified atom stereocenters. The van der Waals surface area contributed by atoms with E-state index in [1.807, 2.05) is 63.2 Å². The number of nitrogens with one attached hydrogen (secondary N) is 2. The molecule has 0 aliphatic rings. The first kappa shape index (κ1) is 20.3. The standard InChI is InChI=1S/C23H26N4O2/c1-15-7-5-8-16(2)21(15)27-22(28)20-13-17(3)25-23(26-20)24-12-11-18-9-6-10-19(14-18)29-4/h5-10,13-14H,11-12H2,1-4H3,(H,27,28)(H,24,25,26). The highest BCUT2D eigenvalue weighted by Crippen LogP contribution is 2.20. The molecule has 0 fully saturated rings. The minimum Gasteiger partial charge on any atom is -0.497 e. The second-order valence-electron chi connectivity index (χ2n) is 6.97. The molecule has 1 heterocycles. The lowest BCUT2D eigenvalue weighted by molar-refractivity contribution is 0.102. The van der Waals surface area contributed by atoms with Gasteiger partial charge in [-0.3, -0.25) is 4.79 Å². The summed E-state index contributed by atoms with van der Waals surface area (Å²) in [5.74, 6) is 1.03. The summed E-state index contributed by atoms with van der Waals surface area (Å²) in [6.07, 6.45) is 0.790. The van der Waals surface area contributed by atoms with Gasteiger partial charge in [0.05, 0.1) is 7.11 Å². The SMILES string of the molecule is COc1cccc(CCNc2nc(C)cc(C(=O)Nc3c(C)cccc3C)n2)c1. The number of methoxy groups -OCH3 is 1. The van der Waals surface area contributed by atoms with E-state index >= 15 is 0 Å². The van der Waals surface area contributed by atoms with E-state index in [1.54, 1.807) is 13.2 Å². The van der Waals surface area contributed by atoms with Crippen molar-refractivity contribution in [3.8, 4) is 5.75 Å². The number of aryl methyl sites for hydroxylation is 3. The Bertz CT molecular complexity index is 997. The molecule has 29 heavy (non-hydrogen) atoms. The number of para-hydroxylation sites is 1. The Morgan fingerprint density at radius 3 is 2.45 bits per heavy atom. The Morgan fingerprint density at radius 2 is 1.72 bits per heavy atom. The van der Waals surface area contributed by atoms with Crippen LogP contribution in [0.5, 0.6) is 5.75 Å². The highest BCUT2D eigenvalue weighted by atomic mass is 16.5. The van der Waals surface area contributed by atoms with Crippen molar-refractivity contribution in [3.63, 3.8) is 0 Å². The van der Waals surface area contributed by atoms with Crippen molar-refractivity contribution in [1.29, 1.82) is 0 Å². The van der Waals surface area contributed by atoms with E-state index in [0.29, 0.717) is 18.2 Å². The lowest BCUT2D eigenvalue weighted by Crippen LogP contribution is -2.18. The molecule has 0 atom stereocenters. The number of hydrogen-bond donors (Lipinski definition) is 2. The van der Waals surface area contributed by atoms with Crippen LogP contribution in [-0.4, -0.2) is 29.5 Å². The number of amides is 1. The number of carbonyl (C=O) groups is 1. The van der Waals surface area contributed by atoms with Gasteiger partial charge in [0.1, 0.15) is 11.4 Å². The lowest BCUT2D eigenvalue weighted by atomic mass is 10.1. The maximum atomic E-state index is 12.7. The zero-order chi connectivity index (χ0) is 20.8. The Hall–Kier alpha value is -3.41. The summed E-state index contributed by atoms with van der Waals surface area (Å²) in [4.78, 5) is 21.5. The van der Waals surface area contributed by atoms with E-state index < -0.39 is 0 Å². The topological polar surface area (TPSA) is 76.1 Å². The first-order valence-corrected chi connectivity index (χ1v) is 9.56. The predicted octanol–water partition coefficient (Wildman–Crippen LogP) is 4.32. The maximum absolute atomic E-state index is 12.7. The fourth-order valence-electron chi connectivity index (χ4n) is 3.10. The molecule has 1 amide bonds. The van der Waals surface area contributed by atoms with Gasteiger partial charge in [0.15, 0.2) is 0 Å². The maximum Gasteiger partial charge on any atom is 0.274 e. The summed E-state index contributed by atoms with van der Waals surface area (Å²) < 4.78 is 5.25. The van der Waals surface area contributed by atoms with Gasteiger partial charge in [-0.2, -0.15) is 0 Å². The van der Waals surface area contributed by atoms with Crippen molar-refractivity contribution < 1.29 is 9.53 Å². The quantitative estimate of drug-likeness (QED) is 0.628. The molecule has 150 valence electrons. The van der Waals surface area contributed by atoms with Crippen LogP contribution in [0.15, 0.2) is 48.5 Å². The van der Waals surface area contributed by atoms with Crippen LogP contribution in [0.25, 0.3) is 0 Å². The normalized spacial score (nSPS) is 10.5. The molecule has 0 bridgehead atoms. The number of hydrogen-bond acceptors (Lipinski definition) is 5. The molecule has 3 aromatic rings. The Kier molecular flexibility index (Phi) is 6.44. The number of aromatic nitrogens is 2. The molecule has 0 aliphatic carbocycles. The van der Waals surface area contributed by atoms with Gasteiger partial charge in [-0.25, -0.2) is 9.97 Å². The molecule has 1 aromatic heterocycles. The second kappa shape index (κ2) is 9.19. The van der Waals surface area contributed by atoms with E-state index in [0.717, 1.165) is 40.2 Å². The molecule has 0 saturated heterocycles. The van der Waals surface area contributed by atoms with Crippen LogP contribution in [0.2, 0.25) is 0 Å². The smallest absolute Gasteiger partial charge is 0.274 e. The van der Waals surface area contributed by atoms with Crippen molar-refractivity contribution >= 4 is 17.5 Å². The zero-order valence-corrected chi connectivity index (χ0v) is 17.2. The minimum atomic E-state index is -0.247. The molecular formula is C23H26N4O2. The van der Waals surface area contributed by atoms with Gasteiger partial charge in [-0.05, 0) is 62.1 Å². The molecule has 2 N–H and O–H groups in total. The molecule has 0 spiro atoms. The van der Waals surface area contributed by atoms with Crippen LogP contribution in [-0.2, 0) is 6.42 Å². The molecule has 0 radical (unpaired) electrons. The van der Waals surface area contributed by atoms with Gasteiger partial charge < -0.3 is 15.4 Å². The summed E-state index contributed by atoms with van der Waals surface area (Å²) in [6, 6.07) is 15.5. The predicted molar refractivity (Wildman–Crippen MR) is 116 cm³/mol. The van der Waals surface area contributed by atoms with Gasteiger partial charge >= 0.3 is 0 Å².